The summed E-state index contributed by atoms with van der Waals surface area (Å²) in [7, 11) is 0. The molecule has 0 saturated heterocycles. The van der Waals surface area contributed by atoms with E-state index >= 15 is 0 Å². The molecule has 2 aromatic heterocycles. The van der Waals surface area contributed by atoms with E-state index in [1.807, 2.05) is 5.38 Å². The second-order valence-electron chi connectivity index (χ2n) is 2.56. The molecule has 0 amide bonds. The summed E-state index contributed by atoms with van der Waals surface area (Å²) in [4.78, 5) is 22.1. The summed E-state index contributed by atoms with van der Waals surface area (Å²) in [5, 5.41) is 14.0. The zero-order valence-corrected chi connectivity index (χ0v) is 8.23. The Labute approximate surface area is 88.7 Å². The van der Waals surface area contributed by atoms with E-state index in [-0.39, 0.29) is 5.69 Å². The fraction of sp³-hybridized carbons (Fsp3) is 0. The molecule has 0 unspecified atom stereocenters. The predicted octanol–water partition coefficient (Wildman–Crippen LogP) is 1.37. The monoisotopic (exact) mass is 222 g/mol. The fourth-order valence-electron chi connectivity index (χ4n) is 0.937. The van der Waals surface area contributed by atoms with E-state index in [0.29, 0.717) is 10.9 Å². The summed E-state index contributed by atoms with van der Waals surface area (Å²) in [6.45, 7) is 0. The average molecular weight is 222 g/mol. The number of hydrogen-bond donors (Lipinski definition) is 2. The number of anilines is 2. The van der Waals surface area contributed by atoms with Crippen LogP contribution < -0.4 is 5.32 Å². The van der Waals surface area contributed by atoms with Gasteiger partial charge in [0.05, 0.1) is 0 Å². The highest BCUT2D eigenvalue weighted by atomic mass is 32.1. The maximum absolute atomic E-state index is 10.6. The number of carbonyl (C=O) groups is 1. The first kappa shape index (κ1) is 9.53. The Morgan fingerprint density at radius 1 is 1.40 bits per heavy atom. The fourth-order valence-corrected chi connectivity index (χ4v) is 1.47. The molecule has 2 heterocycles. The standard InChI is InChI=1S/C8H6N4O2S/c13-7(14)5-3-6(11-4-10-5)12-8-9-1-2-15-8/h1-4H,(H,13,14)(H,9,10,11,12). The van der Waals surface area contributed by atoms with Crippen molar-refractivity contribution in [2.75, 3.05) is 5.32 Å². The van der Waals surface area contributed by atoms with Crippen molar-refractivity contribution in [3.8, 4) is 0 Å². The number of carboxylic acid groups (broad SMARTS) is 1. The van der Waals surface area contributed by atoms with Gasteiger partial charge in [0.25, 0.3) is 0 Å². The lowest BCUT2D eigenvalue weighted by molar-refractivity contribution is 0.0690. The Bertz CT molecular complexity index is 471. The summed E-state index contributed by atoms with van der Waals surface area (Å²) in [6.07, 6.45) is 2.84. The van der Waals surface area contributed by atoms with Crippen LogP contribution in [-0.2, 0) is 0 Å². The Morgan fingerprint density at radius 3 is 2.93 bits per heavy atom. The van der Waals surface area contributed by atoms with Crippen molar-refractivity contribution in [2.45, 2.75) is 0 Å². The van der Waals surface area contributed by atoms with Gasteiger partial charge in [-0.05, 0) is 0 Å². The number of rotatable bonds is 3. The summed E-state index contributed by atoms with van der Waals surface area (Å²) in [5.74, 6) is -0.670. The molecule has 0 spiro atoms. The average Bonchev–Trinajstić information content (AvgIpc) is 2.71. The molecule has 0 bridgehead atoms. The smallest absolute Gasteiger partial charge is 0.354 e. The van der Waals surface area contributed by atoms with E-state index in [1.165, 1.54) is 23.7 Å². The van der Waals surface area contributed by atoms with Crippen LogP contribution in [0.3, 0.4) is 0 Å². The minimum atomic E-state index is -1.08. The van der Waals surface area contributed by atoms with Gasteiger partial charge in [-0.2, -0.15) is 0 Å². The van der Waals surface area contributed by atoms with Crippen LogP contribution in [0, 0.1) is 0 Å². The molecular formula is C8H6N4O2S. The van der Waals surface area contributed by atoms with Crippen LogP contribution in [0.4, 0.5) is 10.9 Å². The summed E-state index contributed by atoms with van der Waals surface area (Å²) < 4.78 is 0. The van der Waals surface area contributed by atoms with Crippen LogP contribution >= 0.6 is 11.3 Å². The SMILES string of the molecule is O=C(O)c1cc(Nc2nccs2)ncn1. The molecule has 0 fully saturated rings. The number of aromatic nitrogens is 3. The number of aromatic carboxylic acids is 1. The lowest BCUT2D eigenvalue weighted by atomic mass is 10.4. The van der Waals surface area contributed by atoms with Crippen molar-refractivity contribution in [1.82, 2.24) is 15.0 Å². The molecular weight excluding hydrogens is 216 g/mol. The Kier molecular flexibility index (Phi) is 2.55. The second-order valence-corrected chi connectivity index (χ2v) is 3.45. The largest absolute Gasteiger partial charge is 0.477 e. The third-order valence-electron chi connectivity index (χ3n) is 1.55. The van der Waals surface area contributed by atoms with E-state index in [0.717, 1.165) is 0 Å². The minimum absolute atomic E-state index is 0.0518. The highest BCUT2D eigenvalue weighted by Gasteiger charge is 2.06. The van der Waals surface area contributed by atoms with Gasteiger partial charge in [-0.1, -0.05) is 0 Å². The van der Waals surface area contributed by atoms with Gasteiger partial charge < -0.3 is 10.4 Å². The first-order valence-corrected chi connectivity index (χ1v) is 4.85. The molecule has 2 aromatic rings. The van der Waals surface area contributed by atoms with Gasteiger partial charge in [-0.25, -0.2) is 19.7 Å². The third-order valence-corrected chi connectivity index (χ3v) is 2.24. The number of nitrogens with one attached hydrogen (secondary N) is 1. The van der Waals surface area contributed by atoms with Crippen LogP contribution in [0.2, 0.25) is 0 Å². The van der Waals surface area contributed by atoms with Crippen molar-refractivity contribution in [3.05, 3.63) is 29.7 Å². The lowest BCUT2D eigenvalue weighted by Gasteiger charge is -2.00. The highest BCUT2D eigenvalue weighted by molar-refractivity contribution is 7.13. The van der Waals surface area contributed by atoms with Crippen molar-refractivity contribution in [2.24, 2.45) is 0 Å². The van der Waals surface area contributed by atoms with Gasteiger partial charge in [0, 0.05) is 17.6 Å². The molecule has 7 heteroatoms. The molecule has 0 aliphatic heterocycles. The first-order chi connectivity index (χ1) is 7.25. The number of thiazole rings is 1. The molecule has 2 rings (SSSR count). The van der Waals surface area contributed by atoms with Crippen LogP contribution in [0.5, 0.6) is 0 Å². The first-order valence-electron chi connectivity index (χ1n) is 3.97. The van der Waals surface area contributed by atoms with E-state index in [2.05, 4.69) is 20.3 Å². The zero-order chi connectivity index (χ0) is 10.7. The minimum Gasteiger partial charge on any atom is -0.477 e. The lowest BCUT2D eigenvalue weighted by Crippen LogP contribution is -2.02. The van der Waals surface area contributed by atoms with Crippen LogP contribution in [0.25, 0.3) is 0 Å². The van der Waals surface area contributed by atoms with Crippen molar-refractivity contribution in [3.63, 3.8) is 0 Å². The number of nitrogens with zero attached hydrogens (tertiary/aromatic N) is 3. The van der Waals surface area contributed by atoms with Crippen molar-refractivity contribution >= 4 is 28.3 Å². The zero-order valence-electron chi connectivity index (χ0n) is 7.41. The number of carboxylic acids is 1. The molecule has 15 heavy (non-hydrogen) atoms. The molecule has 0 aromatic carbocycles. The van der Waals surface area contributed by atoms with Gasteiger partial charge in [0.1, 0.15) is 12.1 Å². The van der Waals surface area contributed by atoms with E-state index in [9.17, 15) is 4.79 Å². The normalized spacial score (nSPS) is 9.87. The third kappa shape index (κ3) is 2.26. The van der Waals surface area contributed by atoms with Gasteiger partial charge in [-0.15, -0.1) is 11.3 Å². The quantitative estimate of drug-likeness (QED) is 0.815. The van der Waals surface area contributed by atoms with Gasteiger partial charge in [0.2, 0.25) is 0 Å². The predicted molar refractivity (Wildman–Crippen MR) is 54.4 cm³/mol. The van der Waals surface area contributed by atoms with Crippen LogP contribution in [-0.4, -0.2) is 26.0 Å². The molecule has 0 aliphatic carbocycles. The molecule has 6 nitrogen and oxygen atoms in total. The second kappa shape index (κ2) is 4.01. The van der Waals surface area contributed by atoms with Crippen LogP contribution in [0.15, 0.2) is 24.0 Å². The summed E-state index contributed by atoms with van der Waals surface area (Å²) in [5.41, 5.74) is -0.0518. The maximum Gasteiger partial charge on any atom is 0.354 e. The Hall–Kier alpha value is -2.02. The molecule has 2 N–H and O–H groups in total. The van der Waals surface area contributed by atoms with Gasteiger partial charge in [0.15, 0.2) is 10.8 Å². The highest BCUT2D eigenvalue weighted by Crippen LogP contribution is 2.16. The Balaban J connectivity index is 2.22. The summed E-state index contributed by atoms with van der Waals surface area (Å²) in [6, 6.07) is 1.35. The molecule has 0 saturated carbocycles. The topological polar surface area (TPSA) is 88.0 Å². The van der Waals surface area contributed by atoms with E-state index < -0.39 is 5.97 Å². The van der Waals surface area contributed by atoms with Gasteiger partial charge >= 0.3 is 5.97 Å². The number of hydrogen-bond acceptors (Lipinski definition) is 6. The van der Waals surface area contributed by atoms with Crippen molar-refractivity contribution in [1.29, 1.82) is 0 Å². The van der Waals surface area contributed by atoms with Crippen molar-refractivity contribution < 1.29 is 9.90 Å². The Morgan fingerprint density at radius 2 is 2.27 bits per heavy atom. The molecule has 0 radical (unpaired) electrons. The molecule has 76 valence electrons. The van der Waals surface area contributed by atoms with E-state index in [4.69, 9.17) is 5.11 Å². The summed E-state index contributed by atoms with van der Waals surface area (Å²) >= 11 is 1.40. The maximum atomic E-state index is 10.6. The van der Waals surface area contributed by atoms with Gasteiger partial charge in [-0.3, -0.25) is 0 Å². The molecule has 0 atom stereocenters. The molecule has 0 aliphatic rings. The van der Waals surface area contributed by atoms with E-state index in [1.54, 1.807) is 6.20 Å². The van der Waals surface area contributed by atoms with Crippen LogP contribution in [0.1, 0.15) is 10.5 Å².